The minimum Gasteiger partial charge on any atom is -0.336 e. The van der Waals surface area contributed by atoms with E-state index >= 15 is 0 Å². The van der Waals surface area contributed by atoms with Crippen LogP contribution in [-0.4, -0.2) is 20.1 Å². The number of nitrogens with zero attached hydrogens (tertiary/aromatic N) is 3. The lowest BCUT2D eigenvalue weighted by molar-refractivity contribution is 0.240. The molecular weight excluding hydrogens is 354 g/mol. The Hall–Kier alpha value is -1.51. The summed E-state index contributed by atoms with van der Waals surface area (Å²) >= 11 is 4.97. The van der Waals surface area contributed by atoms with Crippen molar-refractivity contribution in [2.24, 2.45) is 5.73 Å². The lowest BCUT2D eigenvalue weighted by Gasteiger charge is -2.35. The van der Waals surface area contributed by atoms with Gasteiger partial charge in [0.05, 0.1) is 16.6 Å². The molecule has 0 spiro atoms. The van der Waals surface area contributed by atoms with Gasteiger partial charge in [0.25, 0.3) is 5.89 Å². The summed E-state index contributed by atoms with van der Waals surface area (Å²) in [6.45, 7) is 0. The van der Waals surface area contributed by atoms with E-state index in [4.69, 9.17) is 10.3 Å². The fourth-order valence-electron chi connectivity index (χ4n) is 2.34. The van der Waals surface area contributed by atoms with E-state index in [0.717, 1.165) is 34.4 Å². The van der Waals surface area contributed by atoms with Gasteiger partial charge >= 0.3 is 0 Å². The topological polar surface area (TPSA) is 93.6 Å². The second-order valence-corrected chi connectivity index (χ2v) is 7.03. The number of nitrogens with two attached hydrogens (primary N) is 1. The summed E-state index contributed by atoms with van der Waals surface area (Å²) in [6, 6.07) is 1.96. The summed E-state index contributed by atoms with van der Waals surface area (Å²) in [5, 5.41) is 5.99. The summed E-state index contributed by atoms with van der Waals surface area (Å²) in [5.74, 6) is 1.79. The molecule has 1 fully saturated rings. The van der Waals surface area contributed by atoms with Crippen LogP contribution in [0.25, 0.3) is 22.3 Å². The first-order valence-electron chi connectivity index (χ1n) is 6.57. The number of imidazole rings is 1. The third-order valence-electron chi connectivity index (χ3n) is 3.74. The smallest absolute Gasteiger partial charge is 0.276 e. The first-order valence-corrected chi connectivity index (χ1v) is 8.24. The molecule has 21 heavy (non-hydrogen) atoms. The van der Waals surface area contributed by atoms with Gasteiger partial charge in [-0.25, -0.2) is 4.98 Å². The van der Waals surface area contributed by atoms with Crippen molar-refractivity contribution in [2.45, 2.75) is 24.8 Å². The van der Waals surface area contributed by atoms with Crippen molar-refractivity contribution in [3.05, 3.63) is 27.9 Å². The summed E-state index contributed by atoms with van der Waals surface area (Å²) in [6.07, 6.45) is 4.75. The Bertz CT molecular complexity index is 788. The molecule has 0 aromatic carbocycles. The van der Waals surface area contributed by atoms with Crippen LogP contribution in [0.1, 0.15) is 25.1 Å². The summed E-state index contributed by atoms with van der Waals surface area (Å²) < 4.78 is 6.32. The number of halogens is 1. The Morgan fingerprint density at radius 3 is 2.95 bits per heavy atom. The molecule has 0 atom stereocenters. The van der Waals surface area contributed by atoms with E-state index in [9.17, 15) is 0 Å². The van der Waals surface area contributed by atoms with Crippen LogP contribution >= 0.6 is 27.3 Å². The number of thiophene rings is 1. The molecule has 1 saturated carbocycles. The van der Waals surface area contributed by atoms with Gasteiger partial charge in [-0.2, -0.15) is 4.98 Å². The maximum absolute atomic E-state index is 6.25. The van der Waals surface area contributed by atoms with Crippen LogP contribution in [-0.2, 0) is 5.54 Å². The van der Waals surface area contributed by atoms with Gasteiger partial charge in [-0.05, 0) is 41.3 Å². The summed E-state index contributed by atoms with van der Waals surface area (Å²) in [7, 11) is 0. The molecule has 3 N–H and O–H groups in total. The monoisotopic (exact) mass is 365 g/mol. The number of H-pyrrole nitrogens is 1. The maximum atomic E-state index is 6.25. The van der Waals surface area contributed by atoms with Crippen molar-refractivity contribution in [3.8, 4) is 22.3 Å². The molecule has 0 saturated heterocycles. The number of aromatic amines is 1. The van der Waals surface area contributed by atoms with Crippen molar-refractivity contribution in [2.75, 3.05) is 0 Å². The number of hydrogen-bond acceptors (Lipinski definition) is 6. The molecule has 0 bridgehead atoms. The average Bonchev–Trinajstić information content (AvgIpc) is 3.14. The fourth-order valence-corrected chi connectivity index (χ4v) is 3.69. The molecule has 3 aromatic rings. The molecule has 108 valence electrons. The highest BCUT2D eigenvalue weighted by Crippen LogP contribution is 2.37. The normalized spacial score (nSPS) is 16.9. The first kappa shape index (κ1) is 13.2. The minimum absolute atomic E-state index is 0.320. The molecule has 6 nitrogen and oxygen atoms in total. The van der Waals surface area contributed by atoms with E-state index in [1.54, 1.807) is 17.5 Å². The number of nitrogens with one attached hydrogen (secondary N) is 1. The molecule has 1 aliphatic carbocycles. The summed E-state index contributed by atoms with van der Waals surface area (Å²) in [4.78, 5) is 12.9. The van der Waals surface area contributed by atoms with Crippen LogP contribution in [0.3, 0.4) is 0 Å². The van der Waals surface area contributed by atoms with Gasteiger partial charge < -0.3 is 15.2 Å². The zero-order valence-electron chi connectivity index (χ0n) is 11.0. The first-order chi connectivity index (χ1) is 10.1. The molecule has 8 heteroatoms. The Morgan fingerprint density at radius 2 is 2.29 bits per heavy atom. The van der Waals surface area contributed by atoms with Crippen molar-refractivity contribution in [3.63, 3.8) is 0 Å². The molecule has 1 aliphatic rings. The quantitative estimate of drug-likeness (QED) is 0.742. The van der Waals surface area contributed by atoms with Gasteiger partial charge in [-0.1, -0.05) is 5.16 Å². The zero-order chi connectivity index (χ0) is 14.4. The van der Waals surface area contributed by atoms with Crippen LogP contribution in [0.2, 0.25) is 0 Å². The molecule has 0 radical (unpaired) electrons. The third-order valence-corrected chi connectivity index (χ3v) is 5.42. The van der Waals surface area contributed by atoms with E-state index in [1.165, 1.54) is 0 Å². The van der Waals surface area contributed by atoms with E-state index in [0.29, 0.717) is 17.4 Å². The fraction of sp³-hybridized carbons (Fsp3) is 0.308. The maximum Gasteiger partial charge on any atom is 0.276 e. The van der Waals surface area contributed by atoms with E-state index in [1.807, 2.05) is 11.4 Å². The molecular formula is C13H12BrN5OS. The van der Waals surface area contributed by atoms with Crippen LogP contribution in [0.4, 0.5) is 0 Å². The second kappa shape index (κ2) is 4.75. The Kier molecular flexibility index (Phi) is 2.98. The van der Waals surface area contributed by atoms with E-state index < -0.39 is 0 Å². The Morgan fingerprint density at radius 1 is 1.43 bits per heavy atom. The predicted molar refractivity (Wildman–Crippen MR) is 82.6 cm³/mol. The number of rotatable bonds is 3. The van der Waals surface area contributed by atoms with Gasteiger partial charge in [-0.15, -0.1) is 11.3 Å². The van der Waals surface area contributed by atoms with Gasteiger partial charge in [0.1, 0.15) is 11.5 Å². The largest absolute Gasteiger partial charge is 0.336 e. The van der Waals surface area contributed by atoms with Gasteiger partial charge in [0.15, 0.2) is 0 Å². The Labute approximate surface area is 132 Å². The molecule has 0 aliphatic heterocycles. The van der Waals surface area contributed by atoms with Crippen molar-refractivity contribution in [1.29, 1.82) is 0 Å². The van der Waals surface area contributed by atoms with Gasteiger partial charge in [-0.3, -0.25) is 0 Å². The second-order valence-electron chi connectivity index (χ2n) is 5.21. The van der Waals surface area contributed by atoms with Gasteiger partial charge in [0.2, 0.25) is 5.82 Å². The van der Waals surface area contributed by atoms with E-state index in [-0.39, 0.29) is 5.54 Å². The highest BCUT2D eigenvalue weighted by Gasteiger charge is 2.37. The van der Waals surface area contributed by atoms with Crippen LogP contribution in [0.5, 0.6) is 0 Å². The predicted octanol–water partition coefficient (Wildman–Crippen LogP) is 3.29. The minimum atomic E-state index is -0.320. The van der Waals surface area contributed by atoms with Crippen LogP contribution in [0.15, 0.2) is 26.6 Å². The lowest BCUT2D eigenvalue weighted by atomic mass is 9.77. The summed E-state index contributed by atoms with van der Waals surface area (Å²) in [5.41, 5.74) is 6.64. The van der Waals surface area contributed by atoms with Crippen LogP contribution < -0.4 is 5.73 Å². The standard InChI is InChI=1S/C13H12BrN5OS/c14-7-4-9(21-6-7)10-18-11(20-19-10)8-5-16-12(17-8)13(15)2-1-3-13/h4-6H,1-3,15H2,(H,16,17). The number of hydrogen-bond donors (Lipinski definition) is 2. The highest BCUT2D eigenvalue weighted by molar-refractivity contribution is 9.10. The highest BCUT2D eigenvalue weighted by atomic mass is 79.9. The third kappa shape index (κ3) is 2.23. The Balaban J connectivity index is 1.64. The molecule has 0 unspecified atom stereocenters. The number of aromatic nitrogens is 4. The van der Waals surface area contributed by atoms with E-state index in [2.05, 4.69) is 36.0 Å². The molecule has 0 amide bonds. The van der Waals surface area contributed by atoms with Crippen molar-refractivity contribution >= 4 is 27.3 Å². The molecule has 4 rings (SSSR count). The van der Waals surface area contributed by atoms with Crippen molar-refractivity contribution in [1.82, 2.24) is 20.1 Å². The molecule has 3 heterocycles. The van der Waals surface area contributed by atoms with Gasteiger partial charge in [0, 0.05) is 9.85 Å². The molecule has 3 aromatic heterocycles. The average molecular weight is 366 g/mol. The van der Waals surface area contributed by atoms with Crippen molar-refractivity contribution < 1.29 is 4.52 Å². The van der Waals surface area contributed by atoms with Crippen LogP contribution in [0, 0.1) is 0 Å². The lowest BCUT2D eigenvalue weighted by Crippen LogP contribution is -2.44. The SMILES string of the molecule is NC1(c2ncc(-c3nc(-c4cc(Br)cs4)no3)[nH]2)CCC1. The zero-order valence-corrected chi connectivity index (χ0v) is 13.4.